The van der Waals surface area contributed by atoms with Gasteiger partial charge in [-0.15, -0.1) is 0 Å². The number of halogens is 3. The number of nitrogens with one attached hydrogen (secondary N) is 1. The summed E-state index contributed by atoms with van der Waals surface area (Å²) in [5, 5.41) is 2.60. The molecule has 1 aromatic rings. The van der Waals surface area contributed by atoms with E-state index in [0.717, 1.165) is 12.5 Å². The first-order valence-corrected chi connectivity index (χ1v) is 6.11. The van der Waals surface area contributed by atoms with Crippen molar-refractivity contribution >= 4 is 6.03 Å². The summed E-state index contributed by atoms with van der Waals surface area (Å²) in [6.07, 6.45) is -3.47. The lowest BCUT2D eigenvalue weighted by atomic mass is 10.0. The van der Waals surface area contributed by atoms with Crippen molar-refractivity contribution in [1.82, 2.24) is 10.2 Å². The highest BCUT2D eigenvalue weighted by Crippen LogP contribution is 2.34. The Balaban J connectivity index is 2.14. The maximum atomic E-state index is 12.9. The van der Waals surface area contributed by atoms with Crippen molar-refractivity contribution in [3.8, 4) is 0 Å². The van der Waals surface area contributed by atoms with E-state index in [2.05, 4.69) is 5.32 Å². The average Bonchev–Trinajstić information content (AvgIpc) is 2.25. The molecular formula is C13H15F3N2O. The number of hydrogen-bond acceptors (Lipinski definition) is 1. The van der Waals surface area contributed by atoms with Gasteiger partial charge in [0, 0.05) is 13.1 Å². The lowest BCUT2D eigenvalue weighted by molar-refractivity contribution is -0.138. The standard InChI is InChI=1S/C13H15F3N2O/c1-9(17-12(19)18-7-4-8-18)10-5-2-3-6-11(10)13(14,15)16/h2-3,5-6,9H,4,7-8H2,1H3,(H,17,19). The molecule has 1 atom stereocenters. The fourth-order valence-corrected chi connectivity index (χ4v) is 2.01. The van der Waals surface area contributed by atoms with Crippen LogP contribution in [0.15, 0.2) is 24.3 Å². The van der Waals surface area contributed by atoms with Gasteiger partial charge in [-0.2, -0.15) is 13.2 Å². The molecule has 1 unspecified atom stereocenters. The van der Waals surface area contributed by atoms with Gasteiger partial charge in [-0.3, -0.25) is 0 Å². The van der Waals surface area contributed by atoms with Crippen LogP contribution in [0.2, 0.25) is 0 Å². The van der Waals surface area contributed by atoms with E-state index in [9.17, 15) is 18.0 Å². The third-order valence-corrected chi connectivity index (χ3v) is 3.22. The minimum absolute atomic E-state index is 0.0869. The smallest absolute Gasteiger partial charge is 0.331 e. The van der Waals surface area contributed by atoms with Gasteiger partial charge in [0.1, 0.15) is 0 Å². The Hall–Kier alpha value is -1.72. The third-order valence-electron chi connectivity index (χ3n) is 3.22. The number of likely N-dealkylation sites (tertiary alicyclic amines) is 1. The molecule has 0 aliphatic carbocycles. The summed E-state index contributed by atoms with van der Waals surface area (Å²) in [5.74, 6) is 0. The normalized spacial score (nSPS) is 16.7. The minimum atomic E-state index is -4.41. The van der Waals surface area contributed by atoms with Gasteiger partial charge >= 0.3 is 12.2 Å². The molecule has 1 aromatic carbocycles. The van der Waals surface area contributed by atoms with Crippen molar-refractivity contribution in [3.05, 3.63) is 35.4 Å². The van der Waals surface area contributed by atoms with Gasteiger partial charge in [-0.25, -0.2) is 4.79 Å². The number of hydrogen-bond donors (Lipinski definition) is 1. The fraction of sp³-hybridized carbons (Fsp3) is 0.462. The van der Waals surface area contributed by atoms with Crippen LogP contribution in [-0.2, 0) is 6.18 Å². The molecule has 0 bridgehead atoms. The zero-order chi connectivity index (χ0) is 14.0. The molecule has 1 saturated heterocycles. The van der Waals surface area contributed by atoms with Gasteiger partial charge < -0.3 is 10.2 Å². The molecule has 2 amide bonds. The first kappa shape index (κ1) is 13.7. The molecule has 3 nitrogen and oxygen atoms in total. The van der Waals surface area contributed by atoms with E-state index in [4.69, 9.17) is 0 Å². The summed E-state index contributed by atoms with van der Waals surface area (Å²) >= 11 is 0. The summed E-state index contributed by atoms with van der Waals surface area (Å²) in [7, 11) is 0. The monoisotopic (exact) mass is 272 g/mol. The number of nitrogens with zero attached hydrogens (tertiary/aromatic N) is 1. The van der Waals surface area contributed by atoms with Crippen molar-refractivity contribution in [2.24, 2.45) is 0 Å². The second-order valence-electron chi connectivity index (χ2n) is 4.60. The summed E-state index contributed by atoms with van der Waals surface area (Å²) in [5.41, 5.74) is -0.615. The zero-order valence-corrected chi connectivity index (χ0v) is 10.5. The number of urea groups is 1. The molecular weight excluding hydrogens is 257 g/mol. The molecule has 1 aliphatic rings. The molecule has 0 spiro atoms. The largest absolute Gasteiger partial charge is 0.416 e. The van der Waals surface area contributed by atoms with Crippen molar-refractivity contribution in [3.63, 3.8) is 0 Å². The van der Waals surface area contributed by atoms with E-state index < -0.39 is 17.8 Å². The Morgan fingerprint density at radius 3 is 2.47 bits per heavy atom. The maximum Gasteiger partial charge on any atom is 0.416 e. The molecule has 19 heavy (non-hydrogen) atoms. The van der Waals surface area contributed by atoms with Gasteiger partial charge in [-0.1, -0.05) is 18.2 Å². The highest BCUT2D eigenvalue weighted by Gasteiger charge is 2.34. The summed E-state index contributed by atoms with van der Waals surface area (Å²) in [4.78, 5) is 13.3. The third kappa shape index (κ3) is 3.00. The van der Waals surface area contributed by atoms with Crippen LogP contribution in [0, 0.1) is 0 Å². The van der Waals surface area contributed by atoms with Crippen LogP contribution < -0.4 is 5.32 Å². The number of carbonyl (C=O) groups excluding carboxylic acids is 1. The Labute approximate surface area is 109 Å². The second kappa shape index (κ2) is 5.11. The summed E-state index contributed by atoms with van der Waals surface area (Å²) in [6.45, 7) is 2.89. The highest BCUT2D eigenvalue weighted by atomic mass is 19.4. The molecule has 6 heteroatoms. The SMILES string of the molecule is CC(NC(=O)N1CCC1)c1ccccc1C(F)(F)F. The van der Waals surface area contributed by atoms with Gasteiger partial charge in [-0.05, 0) is 25.0 Å². The number of carbonyl (C=O) groups is 1. The van der Waals surface area contributed by atoms with Crippen LogP contribution >= 0.6 is 0 Å². The van der Waals surface area contributed by atoms with Gasteiger partial charge in [0.15, 0.2) is 0 Å². The molecule has 1 aliphatic heterocycles. The van der Waals surface area contributed by atoms with Crippen LogP contribution in [0.5, 0.6) is 0 Å². The first-order chi connectivity index (χ1) is 8.89. The summed E-state index contributed by atoms with van der Waals surface area (Å²) in [6, 6.07) is 4.32. The molecule has 1 N–H and O–H groups in total. The number of amides is 2. The van der Waals surface area contributed by atoms with Crippen LogP contribution in [-0.4, -0.2) is 24.0 Å². The van der Waals surface area contributed by atoms with Crippen molar-refractivity contribution in [1.29, 1.82) is 0 Å². The zero-order valence-electron chi connectivity index (χ0n) is 10.5. The lowest BCUT2D eigenvalue weighted by Gasteiger charge is -2.32. The molecule has 0 radical (unpaired) electrons. The van der Waals surface area contributed by atoms with E-state index in [1.54, 1.807) is 11.8 Å². The molecule has 1 heterocycles. The van der Waals surface area contributed by atoms with Crippen LogP contribution in [0.4, 0.5) is 18.0 Å². The van der Waals surface area contributed by atoms with E-state index in [1.807, 2.05) is 0 Å². The molecule has 104 valence electrons. The van der Waals surface area contributed by atoms with E-state index in [1.165, 1.54) is 18.2 Å². The lowest BCUT2D eigenvalue weighted by Crippen LogP contribution is -2.48. The van der Waals surface area contributed by atoms with Crippen molar-refractivity contribution < 1.29 is 18.0 Å². The average molecular weight is 272 g/mol. The summed E-state index contributed by atoms with van der Waals surface area (Å²) < 4.78 is 38.6. The van der Waals surface area contributed by atoms with Gasteiger partial charge in [0.05, 0.1) is 11.6 Å². The predicted octanol–water partition coefficient (Wildman–Crippen LogP) is 3.18. The highest BCUT2D eigenvalue weighted by molar-refractivity contribution is 5.75. The van der Waals surface area contributed by atoms with Crippen LogP contribution in [0.1, 0.15) is 30.5 Å². The van der Waals surface area contributed by atoms with E-state index in [-0.39, 0.29) is 11.6 Å². The van der Waals surface area contributed by atoms with E-state index >= 15 is 0 Å². The number of rotatable bonds is 2. The van der Waals surface area contributed by atoms with Gasteiger partial charge in [0.25, 0.3) is 0 Å². The fourth-order valence-electron chi connectivity index (χ4n) is 2.01. The Kier molecular flexibility index (Phi) is 3.68. The molecule has 0 aromatic heterocycles. The quantitative estimate of drug-likeness (QED) is 0.881. The van der Waals surface area contributed by atoms with E-state index in [0.29, 0.717) is 13.1 Å². The number of alkyl halides is 3. The Morgan fingerprint density at radius 1 is 1.32 bits per heavy atom. The van der Waals surface area contributed by atoms with Crippen molar-refractivity contribution in [2.75, 3.05) is 13.1 Å². The predicted molar refractivity (Wildman–Crippen MR) is 64.6 cm³/mol. The maximum absolute atomic E-state index is 12.9. The minimum Gasteiger partial charge on any atom is -0.331 e. The molecule has 2 rings (SSSR count). The molecule has 0 saturated carbocycles. The van der Waals surface area contributed by atoms with Gasteiger partial charge in [0.2, 0.25) is 0 Å². The molecule has 1 fully saturated rings. The van der Waals surface area contributed by atoms with Crippen molar-refractivity contribution in [2.45, 2.75) is 25.6 Å². The Bertz CT molecular complexity index is 469. The first-order valence-electron chi connectivity index (χ1n) is 6.11. The van der Waals surface area contributed by atoms with Crippen LogP contribution in [0.25, 0.3) is 0 Å². The van der Waals surface area contributed by atoms with Crippen LogP contribution in [0.3, 0.4) is 0 Å². The second-order valence-corrected chi connectivity index (χ2v) is 4.60. The number of benzene rings is 1. The Morgan fingerprint density at radius 2 is 1.95 bits per heavy atom. The topological polar surface area (TPSA) is 32.3 Å².